The van der Waals surface area contributed by atoms with E-state index < -0.39 is 0 Å². The number of benzene rings is 2. The minimum absolute atomic E-state index is 0.145. The topological polar surface area (TPSA) is 73.0 Å². The first-order valence-corrected chi connectivity index (χ1v) is 10.4. The lowest BCUT2D eigenvalue weighted by atomic mass is 10.1. The quantitative estimate of drug-likeness (QED) is 0.396. The molecule has 1 N–H and O–H groups in total. The molecule has 0 fully saturated rings. The van der Waals surface area contributed by atoms with Crippen molar-refractivity contribution in [3.05, 3.63) is 86.8 Å². The minimum Gasteiger partial charge on any atom is -0.355 e. The molecule has 4 aromatic rings. The normalized spacial score (nSPS) is 11.0. The summed E-state index contributed by atoms with van der Waals surface area (Å²) in [5.74, 6) is -0.00297. The Labute approximate surface area is 189 Å². The van der Waals surface area contributed by atoms with E-state index in [1.165, 1.54) is 5.56 Å². The summed E-state index contributed by atoms with van der Waals surface area (Å²) in [5, 5.41) is 12.3. The molecule has 0 spiro atoms. The summed E-state index contributed by atoms with van der Waals surface area (Å²) in [6, 6.07) is 14.8. The molecule has 6 nitrogen and oxygen atoms in total. The van der Waals surface area contributed by atoms with Crippen molar-refractivity contribution in [2.24, 2.45) is 0 Å². The number of nitrogens with zero attached hydrogens (tertiary/aromatic N) is 3. The smallest absolute Gasteiger partial charge is 0.277 e. The molecule has 31 heavy (non-hydrogen) atoms. The summed E-state index contributed by atoms with van der Waals surface area (Å²) in [6.45, 7) is 6.46. The van der Waals surface area contributed by atoms with Crippen molar-refractivity contribution < 1.29 is 9.32 Å². The van der Waals surface area contributed by atoms with Crippen molar-refractivity contribution in [2.75, 3.05) is 5.32 Å². The Hall–Kier alpha value is -3.09. The maximum atomic E-state index is 12.8. The van der Waals surface area contributed by atoms with E-state index >= 15 is 0 Å². The van der Waals surface area contributed by atoms with Gasteiger partial charge in [-0.3, -0.25) is 9.48 Å². The second-order valence-electron chi connectivity index (χ2n) is 7.35. The highest BCUT2D eigenvalue weighted by atomic mass is 35.5. The van der Waals surface area contributed by atoms with Gasteiger partial charge in [-0.05, 0) is 44.5 Å². The number of hydrogen-bond donors (Lipinski definition) is 1. The predicted molar refractivity (Wildman–Crippen MR) is 122 cm³/mol. The van der Waals surface area contributed by atoms with E-state index in [4.69, 9.17) is 27.7 Å². The Morgan fingerprint density at radius 2 is 1.90 bits per heavy atom. The van der Waals surface area contributed by atoms with Crippen LogP contribution in [0.3, 0.4) is 0 Å². The Morgan fingerprint density at radius 3 is 2.65 bits per heavy atom. The van der Waals surface area contributed by atoms with Gasteiger partial charge in [0.2, 0.25) is 0 Å². The second kappa shape index (κ2) is 8.57. The third-order valence-electron chi connectivity index (χ3n) is 4.97. The Bertz CT molecular complexity index is 1280. The molecular weight excluding hydrogens is 435 g/mol. The van der Waals surface area contributed by atoms with Crippen LogP contribution in [0.4, 0.5) is 5.69 Å². The number of anilines is 1. The number of halogens is 2. The molecule has 0 atom stereocenters. The summed E-state index contributed by atoms with van der Waals surface area (Å²) in [6.07, 6.45) is 0. The lowest BCUT2D eigenvalue weighted by Crippen LogP contribution is -2.13. The van der Waals surface area contributed by atoms with Gasteiger partial charge in [0.1, 0.15) is 0 Å². The number of aryl methyl sites for hydroxylation is 2. The van der Waals surface area contributed by atoms with Crippen LogP contribution in [-0.4, -0.2) is 20.8 Å². The standard InChI is InChI=1S/C23H20Cl2N4O2/c1-13-5-4-6-16(9-13)12-29-15(3)22(14(2)27-29)26-23(30)20-11-21(31-28-20)18-8-7-17(24)10-19(18)25/h4-11H,12H2,1-3H3,(H,26,30). The molecular formula is C23H20Cl2N4O2. The number of rotatable bonds is 5. The highest BCUT2D eigenvalue weighted by Gasteiger charge is 2.19. The first-order chi connectivity index (χ1) is 14.8. The number of aromatic nitrogens is 3. The lowest BCUT2D eigenvalue weighted by Gasteiger charge is -2.07. The van der Waals surface area contributed by atoms with Crippen LogP contribution >= 0.6 is 23.2 Å². The maximum absolute atomic E-state index is 12.8. The monoisotopic (exact) mass is 454 g/mol. The zero-order valence-corrected chi connectivity index (χ0v) is 18.8. The van der Waals surface area contributed by atoms with Crippen molar-refractivity contribution in [1.82, 2.24) is 14.9 Å². The van der Waals surface area contributed by atoms with E-state index in [9.17, 15) is 4.79 Å². The SMILES string of the molecule is Cc1cccc(Cn2nc(C)c(NC(=O)c3cc(-c4ccc(Cl)cc4Cl)on3)c2C)c1. The molecule has 0 aliphatic carbocycles. The molecule has 0 aliphatic heterocycles. The molecule has 0 bridgehead atoms. The molecule has 0 unspecified atom stereocenters. The fourth-order valence-electron chi connectivity index (χ4n) is 3.39. The Balaban J connectivity index is 1.54. The van der Waals surface area contributed by atoms with E-state index in [0.29, 0.717) is 33.6 Å². The molecule has 0 saturated carbocycles. The number of hydrogen-bond acceptors (Lipinski definition) is 4. The molecule has 158 valence electrons. The van der Waals surface area contributed by atoms with E-state index in [1.54, 1.807) is 24.3 Å². The number of nitrogens with one attached hydrogen (secondary N) is 1. The van der Waals surface area contributed by atoms with Crippen molar-refractivity contribution in [1.29, 1.82) is 0 Å². The van der Waals surface area contributed by atoms with Gasteiger partial charge in [-0.15, -0.1) is 0 Å². The highest BCUT2D eigenvalue weighted by Crippen LogP contribution is 2.31. The van der Waals surface area contributed by atoms with Gasteiger partial charge in [0, 0.05) is 16.7 Å². The van der Waals surface area contributed by atoms with Gasteiger partial charge in [0.15, 0.2) is 11.5 Å². The zero-order valence-electron chi connectivity index (χ0n) is 17.2. The van der Waals surface area contributed by atoms with E-state index in [0.717, 1.165) is 17.0 Å². The lowest BCUT2D eigenvalue weighted by molar-refractivity contribution is 0.101. The summed E-state index contributed by atoms with van der Waals surface area (Å²) < 4.78 is 7.20. The van der Waals surface area contributed by atoms with Crippen molar-refractivity contribution >= 4 is 34.8 Å². The van der Waals surface area contributed by atoms with Gasteiger partial charge in [-0.25, -0.2) is 0 Å². The molecule has 2 aromatic carbocycles. The molecule has 0 saturated heterocycles. The van der Waals surface area contributed by atoms with Crippen LogP contribution in [-0.2, 0) is 6.54 Å². The summed E-state index contributed by atoms with van der Waals surface area (Å²) in [5.41, 5.74) is 5.33. The predicted octanol–water partition coefficient (Wildman–Crippen LogP) is 6.07. The first-order valence-electron chi connectivity index (χ1n) is 9.65. The molecule has 2 aromatic heterocycles. The van der Waals surface area contributed by atoms with Crippen molar-refractivity contribution in [2.45, 2.75) is 27.3 Å². The van der Waals surface area contributed by atoms with Crippen LogP contribution < -0.4 is 5.32 Å². The highest BCUT2D eigenvalue weighted by molar-refractivity contribution is 6.36. The molecule has 8 heteroatoms. The van der Waals surface area contributed by atoms with Crippen LogP contribution in [0.2, 0.25) is 10.0 Å². The van der Waals surface area contributed by atoms with Crippen LogP contribution in [0, 0.1) is 20.8 Å². The summed E-state index contributed by atoms with van der Waals surface area (Å²) in [4.78, 5) is 12.8. The molecule has 0 radical (unpaired) electrons. The van der Waals surface area contributed by atoms with Gasteiger partial charge in [0.05, 0.1) is 28.6 Å². The van der Waals surface area contributed by atoms with Gasteiger partial charge < -0.3 is 9.84 Å². The van der Waals surface area contributed by atoms with Crippen molar-refractivity contribution in [3.8, 4) is 11.3 Å². The molecule has 0 aliphatic rings. The van der Waals surface area contributed by atoms with Gasteiger partial charge in [-0.2, -0.15) is 5.10 Å². The van der Waals surface area contributed by atoms with Gasteiger partial charge in [0.25, 0.3) is 5.91 Å². The van der Waals surface area contributed by atoms with Crippen molar-refractivity contribution in [3.63, 3.8) is 0 Å². The Kier molecular flexibility index (Phi) is 5.85. The van der Waals surface area contributed by atoms with E-state index in [-0.39, 0.29) is 11.6 Å². The first kappa shape index (κ1) is 21.2. The van der Waals surface area contributed by atoms with E-state index in [2.05, 4.69) is 40.7 Å². The Morgan fingerprint density at radius 1 is 1.10 bits per heavy atom. The minimum atomic E-state index is -0.388. The number of amides is 1. The zero-order chi connectivity index (χ0) is 22.1. The number of carbonyl (C=O) groups excluding carboxylic acids is 1. The molecule has 1 amide bonds. The van der Waals surface area contributed by atoms with Crippen LogP contribution in [0.15, 0.2) is 53.1 Å². The average molecular weight is 455 g/mol. The second-order valence-corrected chi connectivity index (χ2v) is 8.19. The number of carbonyl (C=O) groups is 1. The maximum Gasteiger partial charge on any atom is 0.277 e. The van der Waals surface area contributed by atoms with Crippen LogP contribution in [0.1, 0.15) is 33.0 Å². The van der Waals surface area contributed by atoms with Crippen LogP contribution in [0.5, 0.6) is 0 Å². The van der Waals surface area contributed by atoms with E-state index in [1.807, 2.05) is 24.6 Å². The summed E-state index contributed by atoms with van der Waals surface area (Å²) in [7, 11) is 0. The fourth-order valence-corrected chi connectivity index (χ4v) is 3.89. The third kappa shape index (κ3) is 4.50. The summed E-state index contributed by atoms with van der Waals surface area (Å²) >= 11 is 12.2. The largest absolute Gasteiger partial charge is 0.355 e. The molecule has 2 heterocycles. The third-order valence-corrected chi connectivity index (χ3v) is 5.52. The fraction of sp³-hybridized carbons (Fsp3) is 0.174. The average Bonchev–Trinajstić information content (AvgIpc) is 3.29. The van der Waals surface area contributed by atoms with Gasteiger partial charge in [-0.1, -0.05) is 58.2 Å². The van der Waals surface area contributed by atoms with Gasteiger partial charge >= 0.3 is 0 Å². The molecule has 4 rings (SSSR count). The van der Waals surface area contributed by atoms with Crippen LogP contribution in [0.25, 0.3) is 11.3 Å².